The maximum atomic E-state index is 5.88. The average molecular weight is 263 g/mol. The van der Waals surface area contributed by atoms with Crippen molar-refractivity contribution in [3.05, 3.63) is 21.8 Å². The number of rotatable bonds is 4. The molecule has 0 aromatic carbocycles. The van der Waals surface area contributed by atoms with Crippen LogP contribution in [0.5, 0.6) is 0 Å². The Morgan fingerprint density at radius 2 is 2.28 bits per heavy atom. The minimum Gasteiger partial charge on any atom is -0.381 e. The number of nitrogen functional groups attached to an aromatic ring is 1. The molecular formula is C12H17N5S. The summed E-state index contributed by atoms with van der Waals surface area (Å²) in [6.07, 6.45) is 2.40. The molecule has 0 amide bonds. The number of nitrogens with zero attached hydrogens (tertiary/aromatic N) is 4. The topological polar surface area (TPSA) is 69.6 Å². The Hall–Kier alpha value is -1.43. The summed E-state index contributed by atoms with van der Waals surface area (Å²) >= 11 is 1.71. The third-order valence-electron chi connectivity index (χ3n) is 3.14. The van der Waals surface area contributed by atoms with E-state index in [0.29, 0.717) is 24.2 Å². The molecule has 1 aliphatic carbocycles. The molecule has 5 nitrogen and oxygen atoms in total. The molecule has 96 valence electrons. The first-order valence-corrected chi connectivity index (χ1v) is 7.16. The highest BCUT2D eigenvalue weighted by Gasteiger charge is 2.30. The van der Waals surface area contributed by atoms with Gasteiger partial charge in [-0.25, -0.2) is 9.67 Å². The summed E-state index contributed by atoms with van der Waals surface area (Å²) < 4.78 is 1.91. The molecule has 0 radical (unpaired) electrons. The van der Waals surface area contributed by atoms with Crippen molar-refractivity contribution in [2.75, 3.05) is 5.73 Å². The van der Waals surface area contributed by atoms with Gasteiger partial charge in [0.1, 0.15) is 0 Å². The van der Waals surface area contributed by atoms with E-state index in [-0.39, 0.29) is 0 Å². The predicted molar refractivity (Wildman–Crippen MR) is 71.7 cm³/mol. The van der Waals surface area contributed by atoms with E-state index < -0.39 is 0 Å². The minimum atomic E-state index is 0.479. The fraction of sp³-hybridized carbons (Fsp3) is 0.583. The van der Waals surface area contributed by atoms with Crippen molar-refractivity contribution >= 4 is 17.2 Å². The highest BCUT2D eigenvalue weighted by Crippen LogP contribution is 2.42. The monoisotopic (exact) mass is 263 g/mol. The third kappa shape index (κ3) is 2.12. The maximum Gasteiger partial charge on any atom is 0.169 e. The normalized spacial score (nSPS) is 15.5. The van der Waals surface area contributed by atoms with Crippen LogP contribution < -0.4 is 5.73 Å². The second-order valence-corrected chi connectivity index (χ2v) is 6.01. The van der Waals surface area contributed by atoms with Crippen LogP contribution in [0.3, 0.4) is 0 Å². The Morgan fingerprint density at radius 3 is 2.89 bits per heavy atom. The zero-order valence-electron chi connectivity index (χ0n) is 10.6. The molecule has 3 rings (SSSR count). The van der Waals surface area contributed by atoms with E-state index in [1.807, 2.05) is 4.68 Å². The molecule has 2 aromatic rings. The lowest BCUT2D eigenvalue weighted by Crippen LogP contribution is -2.07. The van der Waals surface area contributed by atoms with Gasteiger partial charge in [0.15, 0.2) is 5.82 Å². The van der Waals surface area contributed by atoms with Crippen molar-refractivity contribution in [2.45, 2.75) is 45.1 Å². The summed E-state index contributed by atoms with van der Waals surface area (Å²) in [6, 6.07) is 0. The molecule has 1 saturated carbocycles. The van der Waals surface area contributed by atoms with Crippen molar-refractivity contribution in [3.8, 4) is 0 Å². The van der Waals surface area contributed by atoms with Crippen LogP contribution in [0.25, 0.3) is 0 Å². The van der Waals surface area contributed by atoms with Gasteiger partial charge in [0.2, 0.25) is 0 Å². The Kier molecular flexibility index (Phi) is 2.81. The highest BCUT2D eigenvalue weighted by atomic mass is 32.1. The number of thiazole rings is 1. The largest absolute Gasteiger partial charge is 0.381 e. The Balaban J connectivity index is 1.83. The summed E-state index contributed by atoms with van der Waals surface area (Å²) in [5.74, 6) is 1.62. The third-order valence-corrected chi connectivity index (χ3v) is 4.33. The van der Waals surface area contributed by atoms with E-state index >= 15 is 0 Å². The molecule has 0 atom stereocenters. The van der Waals surface area contributed by atoms with Gasteiger partial charge in [-0.3, -0.25) is 0 Å². The number of hydrogen-bond acceptors (Lipinski definition) is 5. The van der Waals surface area contributed by atoms with E-state index in [0.717, 1.165) is 11.4 Å². The van der Waals surface area contributed by atoms with Gasteiger partial charge in [-0.05, 0) is 12.8 Å². The number of aromatic nitrogens is 4. The molecule has 6 heteroatoms. The summed E-state index contributed by atoms with van der Waals surface area (Å²) in [6.45, 7) is 5.00. The molecule has 1 fully saturated rings. The molecule has 1 aliphatic rings. The van der Waals surface area contributed by atoms with Gasteiger partial charge in [-0.15, -0.1) is 16.4 Å². The van der Waals surface area contributed by atoms with Crippen molar-refractivity contribution < 1.29 is 0 Å². The first-order valence-electron chi connectivity index (χ1n) is 6.28. The Morgan fingerprint density at radius 1 is 1.50 bits per heavy atom. The average Bonchev–Trinajstić information content (AvgIpc) is 2.93. The molecule has 0 bridgehead atoms. The number of hydrogen-bond donors (Lipinski definition) is 1. The van der Waals surface area contributed by atoms with Gasteiger partial charge < -0.3 is 5.73 Å². The van der Waals surface area contributed by atoms with Crippen LogP contribution in [0, 0.1) is 0 Å². The second kappa shape index (κ2) is 4.35. The van der Waals surface area contributed by atoms with Crippen molar-refractivity contribution in [1.29, 1.82) is 0 Å². The molecule has 2 heterocycles. The molecular weight excluding hydrogens is 246 g/mol. The summed E-state index contributed by atoms with van der Waals surface area (Å²) in [5, 5.41) is 11.4. The van der Waals surface area contributed by atoms with Crippen LogP contribution in [-0.2, 0) is 6.54 Å². The summed E-state index contributed by atoms with van der Waals surface area (Å²) in [4.78, 5) is 4.62. The zero-order valence-corrected chi connectivity index (χ0v) is 11.4. The SMILES string of the molecule is CC(C)c1nc(Cn2nnc(N)c2C2CC2)cs1. The summed E-state index contributed by atoms with van der Waals surface area (Å²) in [5.41, 5.74) is 8.02. The fourth-order valence-electron chi connectivity index (χ4n) is 2.04. The first kappa shape index (κ1) is 11.6. The van der Waals surface area contributed by atoms with E-state index in [1.165, 1.54) is 17.8 Å². The van der Waals surface area contributed by atoms with E-state index in [9.17, 15) is 0 Å². The quantitative estimate of drug-likeness (QED) is 0.919. The van der Waals surface area contributed by atoms with Gasteiger partial charge >= 0.3 is 0 Å². The zero-order chi connectivity index (χ0) is 12.7. The van der Waals surface area contributed by atoms with Crippen molar-refractivity contribution in [1.82, 2.24) is 20.0 Å². The summed E-state index contributed by atoms with van der Waals surface area (Å²) in [7, 11) is 0. The van der Waals surface area contributed by atoms with E-state index in [2.05, 4.69) is 34.5 Å². The van der Waals surface area contributed by atoms with Crippen LogP contribution in [0.4, 0.5) is 5.82 Å². The second-order valence-electron chi connectivity index (χ2n) is 5.12. The molecule has 0 spiro atoms. The fourth-order valence-corrected chi connectivity index (χ4v) is 2.87. The molecule has 0 saturated heterocycles. The maximum absolute atomic E-state index is 5.88. The van der Waals surface area contributed by atoms with Crippen molar-refractivity contribution in [3.63, 3.8) is 0 Å². The van der Waals surface area contributed by atoms with Gasteiger partial charge in [0.05, 0.1) is 22.9 Å². The van der Waals surface area contributed by atoms with Crippen molar-refractivity contribution in [2.24, 2.45) is 0 Å². The van der Waals surface area contributed by atoms with Crippen LogP contribution >= 0.6 is 11.3 Å². The van der Waals surface area contributed by atoms with Crippen LogP contribution in [-0.4, -0.2) is 20.0 Å². The first-order chi connectivity index (χ1) is 8.65. The smallest absolute Gasteiger partial charge is 0.169 e. The van der Waals surface area contributed by atoms with E-state index in [4.69, 9.17) is 5.73 Å². The molecule has 0 unspecified atom stereocenters. The lowest BCUT2D eigenvalue weighted by atomic mass is 10.2. The Bertz CT molecular complexity index is 553. The van der Waals surface area contributed by atoms with Crippen LogP contribution in [0.1, 0.15) is 54.9 Å². The van der Waals surface area contributed by atoms with Gasteiger partial charge in [0, 0.05) is 17.2 Å². The lowest BCUT2D eigenvalue weighted by Gasteiger charge is -2.03. The minimum absolute atomic E-state index is 0.479. The molecule has 2 N–H and O–H groups in total. The van der Waals surface area contributed by atoms with Gasteiger partial charge in [-0.2, -0.15) is 0 Å². The molecule has 2 aromatic heterocycles. The lowest BCUT2D eigenvalue weighted by molar-refractivity contribution is 0.610. The number of anilines is 1. The van der Waals surface area contributed by atoms with Gasteiger partial charge in [-0.1, -0.05) is 19.1 Å². The molecule has 0 aliphatic heterocycles. The highest BCUT2D eigenvalue weighted by molar-refractivity contribution is 7.09. The number of nitrogens with two attached hydrogens (primary N) is 1. The molecule has 18 heavy (non-hydrogen) atoms. The Labute approximate surface area is 110 Å². The van der Waals surface area contributed by atoms with E-state index in [1.54, 1.807) is 11.3 Å². The van der Waals surface area contributed by atoms with Crippen LogP contribution in [0.15, 0.2) is 5.38 Å². The van der Waals surface area contributed by atoms with Crippen LogP contribution in [0.2, 0.25) is 0 Å². The van der Waals surface area contributed by atoms with Gasteiger partial charge in [0.25, 0.3) is 0 Å². The standard InChI is InChI=1S/C12H17N5S/c1-7(2)12-14-9(6-18-12)5-17-10(8-3-4-8)11(13)15-16-17/h6-8H,3-5,13H2,1-2H3. The predicted octanol–water partition coefficient (Wildman–Crippen LogP) is 2.37.